The van der Waals surface area contributed by atoms with Gasteiger partial charge in [0.15, 0.2) is 5.82 Å². The van der Waals surface area contributed by atoms with E-state index in [2.05, 4.69) is 20.5 Å². The molecule has 0 bridgehead atoms. The molecule has 4 rings (SSSR count). The number of nitrogens with zero attached hydrogens (tertiary/aromatic N) is 3. The van der Waals surface area contributed by atoms with E-state index in [9.17, 15) is 17.6 Å². The van der Waals surface area contributed by atoms with Crippen LogP contribution in [0.4, 0.5) is 10.3 Å². The van der Waals surface area contributed by atoms with Crippen LogP contribution in [0.15, 0.2) is 47.4 Å². The van der Waals surface area contributed by atoms with Gasteiger partial charge in [-0.05, 0) is 49.2 Å². The van der Waals surface area contributed by atoms with E-state index in [1.807, 2.05) is 0 Å². The van der Waals surface area contributed by atoms with Crippen LogP contribution in [0.2, 0.25) is 0 Å². The predicted octanol–water partition coefficient (Wildman–Crippen LogP) is 2.67. The van der Waals surface area contributed by atoms with Gasteiger partial charge in [0.1, 0.15) is 17.3 Å². The van der Waals surface area contributed by atoms with E-state index in [4.69, 9.17) is 9.47 Å². The van der Waals surface area contributed by atoms with Crippen molar-refractivity contribution in [3.63, 3.8) is 0 Å². The lowest BCUT2D eigenvalue weighted by atomic mass is 9.97. The third-order valence-corrected chi connectivity index (χ3v) is 7.57. The van der Waals surface area contributed by atoms with Gasteiger partial charge in [-0.2, -0.15) is 9.29 Å². The van der Waals surface area contributed by atoms with Crippen molar-refractivity contribution in [2.45, 2.75) is 17.7 Å². The molecule has 0 aliphatic carbocycles. The van der Waals surface area contributed by atoms with Gasteiger partial charge in [-0.25, -0.2) is 12.8 Å². The molecule has 1 aliphatic heterocycles. The number of hydrogen-bond donors (Lipinski definition) is 2. The number of carbonyl (C=O) groups excluding carboxylic acids is 1. The number of H-pyrrole nitrogens is 1. The molecule has 34 heavy (non-hydrogen) atoms. The Morgan fingerprint density at radius 1 is 1.12 bits per heavy atom. The summed E-state index contributed by atoms with van der Waals surface area (Å²) in [6.07, 6.45) is 0.686. The number of benzene rings is 2. The first-order chi connectivity index (χ1) is 16.3. The second-order valence-electron chi connectivity index (χ2n) is 7.70. The van der Waals surface area contributed by atoms with Gasteiger partial charge in [0.05, 0.1) is 24.7 Å². The zero-order valence-electron chi connectivity index (χ0n) is 18.6. The molecule has 2 heterocycles. The van der Waals surface area contributed by atoms with Crippen molar-refractivity contribution in [1.29, 1.82) is 0 Å². The van der Waals surface area contributed by atoms with E-state index in [1.165, 1.54) is 23.5 Å². The lowest BCUT2D eigenvalue weighted by Crippen LogP contribution is -2.41. The minimum absolute atomic E-state index is 0.0269. The molecule has 10 nitrogen and oxygen atoms in total. The van der Waals surface area contributed by atoms with Crippen LogP contribution in [0.25, 0.3) is 11.4 Å². The van der Waals surface area contributed by atoms with Gasteiger partial charge < -0.3 is 9.47 Å². The van der Waals surface area contributed by atoms with E-state index >= 15 is 0 Å². The molecule has 1 aliphatic rings. The van der Waals surface area contributed by atoms with Crippen molar-refractivity contribution in [3.05, 3.63) is 48.3 Å². The molecule has 0 spiro atoms. The maximum Gasteiger partial charge on any atom is 0.249 e. The number of aromatic amines is 1. The van der Waals surface area contributed by atoms with Gasteiger partial charge in [0.25, 0.3) is 0 Å². The average Bonchev–Trinajstić information content (AvgIpc) is 3.32. The Morgan fingerprint density at radius 3 is 2.47 bits per heavy atom. The van der Waals surface area contributed by atoms with Gasteiger partial charge in [-0.1, -0.05) is 0 Å². The summed E-state index contributed by atoms with van der Waals surface area (Å²) >= 11 is 0. The summed E-state index contributed by atoms with van der Waals surface area (Å²) in [5.74, 6) is 0.497. The molecule has 0 atom stereocenters. The molecule has 2 N–H and O–H groups in total. The van der Waals surface area contributed by atoms with Gasteiger partial charge in [-0.15, -0.1) is 5.10 Å². The number of methoxy groups -OCH3 is 2. The number of carbonyl (C=O) groups is 1. The number of amides is 1. The Bertz CT molecular complexity index is 1270. The average molecular weight is 490 g/mol. The number of halogens is 1. The molecule has 180 valence electrons. The normalized spacial score (nSPS) is 15.1. The highest BCUT2D eigenvalue weighted by Gasteiger charge is 2.32. The molecule has 1 aromatic heterocycles. The second-order valence-corrected chi connectivity index (χ2v) is 9.63. The highest BCUT2D eigenvalue weighted by molar-refractivity contribution is 7.89. The molecule has 0 unspecified atom stereocenters. The number of rotatable bonds is 7. The van der Waals surface area contributed by atoms with Crippen LogP contribution in [0, 0.1) is 11.7 Å². The van der Waals surface area contributed by atoms with Crippen LogP contribution in [-0.4, -0.2) is 61.1 Å². The van der Waals surface area contributed by atoms with Crippen molar-refractivity contribution in [3.8, 4) is 22.9 Å². The van der Waals surface area contributed by atoms with Crippen LogP contribution in [0.1, 0.15) is 12.8 Å². The Morgan fingerprint density at radius 2 is 1.82 bits per heavy atom. The molecule has 0 radical (unpaired) electrons. The SMILES string of the molecule is COc1ccc(-c2nc(NC(=O)C3CCN(S(=O)(=O)c4ccc(F)cc4)CC3)n[nH]2)c(OC)c1. The monoisotopic (exact) mass is 489 g/mol. The minimum atomic E-state index is -3.74. The molecule has 2 aromatic carbocycles. The molecule has 12 heteroatoms. The fraction of sp³-hybridized carbons (Fsp3) is 0.318. The van der Waals surface area contributed by atoms with Crippen LogP contribution >= 0.6 is 0 Å². The van der Waals surface area contributed by atoms with Crippen LogP contribution in [0.5, 0.6) is 11.5 Å². The number of sulfonamides is 1. The van der Waals surface area contributed by atoms with E-state index in [0.717, 1.165) is 12.1 Å². The summed E-state index contributed by atoms with van der Waals surface area (Å²) in [5.41, 5.74) is 0.649. The Hall–Kier alpha value is -3.51. The molecule has 0 saturated carbocycles. The predicted molar refractivity (Wildman–Crippen MR) is 121 cm³/mol. The van der Waals surface area contributed by atoms with Crippen molar-refractivity contribution in [2.24, 2.45) is 5.92 Å². The van der Waals surface area contributed by atoms with Crippen molar-refractivity contribution in [1.82, 2.24) is 19.5 Å². The van der Waals surface area contributed by atoms with E-state index in [1.54, 1.807) is 25.3 Å². The van der Waals surface area contributed by atoms with Crippen molar-refractivity contribution >= 4 is 21.9 Å². The first-order valence-electron chi connectivity index (χ1n) is 10.5. The number of ether oxygens (including phenoxy) is 2. The Balaban J connectivity index is 1.38. The molecule has 1 amide bonds. The number of aromatic nitrogens is 3. The van der Waals surface area contributed by atoms with Gasteiger partial charge >= 0.3 is 0 Å². The Kier molecular flexibility index (Phi) is 6.80. The summed E-state index contributed by atoms with van der Waals surface area (Å²) < 4.78 is 50.5. The number of nitrogens with one attached hydrogen (secondary N) is 2. The maximum atomic E-state index is 13.1. The minimum Gasteiger partial charge on any atom is -0.497 e. The molecular weight excluding hydrogens is 465 g/mol. The Labute approximate surface area is 196 Å². The molecule has 3 aromatic rings. The summed E-state index contributed by atoms with van der Waals surface area (Å²) in [5, 5.41) is 9.52. The third-order valence-electron chi connectivity index (χ3n) is 5.66. The quantitative estimate of drug-likeness (QED) is 0.522. The largest absolute Gasteiger partial charge is 0.497 e. The smallest absolute Gasteiger partial charge is 0.249 e. The van der Waals surface area contributed by atoms with Crippen LogP contribution < -0.4 is 14.8 Å². The third kappa shape index (κ3) is 4.87. The first kappa shape index (κ1) is 23.6. The molecular formula is C22H24FN5O5S. The van der Waals surface area contributed by atoms with Crippen molar-refractivity contribution in [2.75, 3.05) is 32.6 Å². The number of hydrogen-bond acceptors (Lipinski definition) is 7. The highest BCUT2D eigenvalue weighted by atomic mass is 32.2. The van der Waals surface area contributed by atoms with E-state index in [-0.39, 0.29) is 29.8 Å². The first-order valence-corrected chi connectivity index (χ1v) is 12.0. The van der Waals surface area contributed by atoms with E-state index in [0.29, 0.717) is 35.7 Å². The van der Waals surface area contributed by atoms with Crippen LogP contribution in [-0.2, 0) is 14.8 Å². The van der Waals surface area contributed by atoms with E-state index < -0.39 is 21.8 Å². The lowest BCUT2D eigenvalue weighted by molar-refractivity contribution is -0.121. The maximum absolute atomic E-state index is 13.1. The summed E-state index contributed by atoms with van der Waals surface area (Å²) in [6.45, 7) is 0.361. The topological polar surface area (TPSA) is 127 Å². The van der Waals surface area contributed by atoms with Crippen LogP contribution in [0.3, 0.4) is 0 Å². The summed E-state index contributed by atoms with van der Waals surface area (Å²) in [7, 11) is -0.659. The summed E-state index contributed by atoms with van der Waals surface area (Å²) in [4.78, 5) is 17.1. The summed E-state index contributed by atoms with van der Waals surface area (Å²) in [6, 6.07) is 9.93. The van der Waals surface area contributed by atoms with Gasteiger partial charge in [0, 0.05) is 25.1 Å². The zero-order chi connectivity index (χ0) is 24.3. The number of anilines is 1. The van der Waals surface area contributed by atoms with Gasteiger partial charge in [0.2, 0.25) is 21.9 Å². The second kappa shape index (κ2) is 9.77. The fourth-order valence-corrected chi connectivity index (χ4v) is 5.23. The molecule has 1 fully saturated rings. The number of piperidine rings is 1. The lowest BCUT2D eigenvalue weighted by Gasteiger charge is -2.30. The zero-order valence-corrected chi connectivity index (χ0v) is 19.4. The van der Waals surface area contributed by atoms with Crippen molar-refractivity contribution < 1.29 is 27.1 Å². The standard InChI is InChI=1S/C22H24FN5O5S/c1-32-16-5-8-18(19(13-16)33-2)20-24-22(27-26-20)25-21(29)14-9-11-28(12-10-14)34(30,31)17-6-3-15(23)4-7-17/h3-8,13-14H,9-12H2,1-2H3,(H2,24,25,26,27,29). The fourth-order valence-electron chi connectivity index (χ4n) is 3.76. The highest BCUT2D eigenvalue weighted by Crippen LogP contribution is 2.32. The molecule has 1 saturated heterocycles. The van der Waals surface area contributed by atoms with Gasteiger partial charge in [-0.3, -0.25) is 15.2 Å².